The Labute approximate surface area is 111 Å². The highest BCUT2D eigenvalue weighted by molar-refractivity contribution is 5.25. The lowest BCUT2D eigenvalue weighted by Crippen LogP contribution is -2.25. The maximum absolute atomic E-state index is 4.53. The molecular formula is C14H26N4. The van der Waals surface area contributed by atoms with Gasteiger partial charge >= 0.3 is 0 Å². The van der Waals surface area contributed by atoms with Crippen LogP contribution in [0.4, 0.5) is 5.95 Å². The van der Waals surface area contributed by atoms with Crippen molar-refractivity contribution in [2.24, 2.45) is 11.3 Å². The zero-order valence-electron chi connectivity index (χ0n) is 12.5. The molecule has 0 aliphatic rings. The summed E-state index contributed by atoms with van der Waals surface area (Å²) >= 11 is 0. The van der Waals surface area contributed by atoms with E-state index in [2.05, 4.69) is 62.0 Å². The lowest BCUT2D eigenvalue weighted by atomic mass is 9.82. The molecule has 4 nitrogen and oxygen atoms in total. The molecule has 1 aromatic heterocycles. The van der Waals surface area contributed by atoms with E-state index in [4.69, 9.17) is 0 Å². The zero-order chi connectivity index (χ0) is 13.8. The summed E-state index contributed by atoms with van der Waals surface area (Å²) < 4.78 is 0. The van der Waals surface area contributed by atoms with Gasteiger partial charge in [0.25, 0.3) is 0 Å². The molecule has 0 amide bonds. The van der Waals surface area contributed by atoms with Crippen LogP contribution < -0.4 is 5.32 Å². The summed E-state index contributed by atoms with van der Waals surface area (Å²) in [4.78, 5) is 4.53. The van der Waals surface area contributed by atoms with Crippen LogP contribution in [0.2, 0.25) is 0 Å². The van der Waals surface area contributed by atoms with Crippen LogP contribution in [-0.2, 0) is 12.8 Å². The Balaban J connectivity index is 2.69. The van der Waals surface area contributed by atoms with E-state index in [1.807, 2.05) is 0 Å². The van der Waals surface area contributed by atoms with Crippen molar-refractivity contribution in [2.45, 2.75) is 54.4 Å². The summed E-state index contributed by atoms with van der Waals surface area (Å²) in [5.41, 5.74) is 2.35. The summed E-state index contributed by atoms with van der Waals surface area (Å²) in [6.45, 7) is 14.0. The maximum Gasteiger partial charge on any atom is 0.242 e. The molecule has 1 rings (SSSR count). The lowest BCUT2D eigenvalue weighted by Gasteiger charge is -2.27. The number of aryl methyl sites for hydroxylation is 2. The number of hydrogen-bond donors (Lipinski definition) is 1. The largest absolute Gasteiger partial charge is 0.353 e. The molecule has 0 radical (unpaired) electrons. The number of aromatic nitrogens is 3. The molecule has 18 heavy (non-hydrogen) atoms. The van der Waals surface area contributed by atoms with Crippen molar-refractivity contribution in [1.82, 2.24) is 15.2 Å². The molecule has 0 aliphatic carbocycles. The highest BCUT2D eigenvalue weighted by atomic mass is 15.2. The fourth-order valence-corrected chi connectivity index (χ4v) is 1.56. The Kier molecular flexibility index (Phi) is 5.05. The third kappa shape index (κ3) is 3.93. The number of hydrogen-bond acceptors (Lipinski definition) is 4. The summed E-state index contributed by atoms with van der Waals surface area (Å²) in [5, 5.41) is 11.7. The lowest BCUT2D eigenvalue weighted by molar-refractivity contribution is 0.274. The summed E-state index contributed by atoms with van der Waals surface area (Å²) in [6.07, 6.45) is 1.80. The van der Waals surface area contributed by atoms with Gasteiger partial charge < -0.3 is 5.32 Å². The summed E-state index contributed by atoms with van der Waals surface area (Å²) in [5.74, 6) is 1.21. The quantitative estimate of drug-likeness (QED) is 0.872. The van der Waals surface area contributed by atoms with Gasteiger partial charge in [-0.05, 0) is 24.2 Å². The first-order valence-corrected chi connectivity index (χ1v) is 6.84. The normalized spacial score (nSPS) is 13.4. The first-order chi connectivity index (χ1) is 8.38. The SMILES string of the molecule is CCc1nnc(NCC(C)C(C)(C)C)nc1CC. The smallest absolute Gasteiger partial charge is 0.242 e. The van der Waals surface area contributed by atoms with Gasteiger partial charge in [-0.15, -0.1) is 5.10 Å². The molecular weight excluding hydrogens is 224 g/mol. The monoisotopic (exact) mass is 250 g/mol. The topological polar surface area (TPSA) is 50.7 Å². The fraction of sp³-hybridized carbons (Fsp3) is 0.786. The molecule has 1 atom stereocenters. The minimum absolute atomic E-state index is 0.289. The molecule has 1 aromatic rings. The van der Waals surface area contributed by atoms with E-state index in [1.165, 1.54) is 0 Å². The highest BCUT2D eigenvalue weighted by Gasteiger charge is 2.20. The third-order valence-corrected chi connectivity index (χ3v) is 3.55. The second-order valence-electron chi connectivity index (χ2n) is 5.88. The average Bonchev–Trinajstić information content (AvgIpc) is 2.34. The van der Waals surface area contributed by atoms with Crippen molar-refractivity contribution < 1.29 is 0 Å². The van der Waals surface area contributed by atoms with Gasteiger partial charge in [0.1, 0.15) is 0 Å². The van der Waals surface area contributed by atoms with Crippen LogP contribution in [0.3, 0.4) is 0 Å². The van der Waals surface area contributed by atoms with Gasteiger partial charge in [0.15, 0.2) is 0 Å². The van der Waals surface area contributed by atoms with Crippen molar-refractivity contribution in [3.8, 4) is 0 Å². The van der Waals surface area contributed by atoms with Gasteiger partial charge in [-0.25, -0.2) is 4.98 Å². The number of rotatable bonds is 5. The van der Waals surface area contributed by atoms with Crippen LogP contribution in [0.15, 0.2) is 0 Å². The number of nitrogens with zero attached hydrogens (tertiary/aromatic N) is 3. The number of anilines is 1. The Morgan fingerprint density at radius 3 is 2.17 bits per heavy atom. The molecule has 0 saturated carbocycles. The Morgan fingerprint density at radius 1 is 1.06 bits per heavy atom. The first kappa shape index (κ1) is 14.9. The van der Waals surface area contributed by atoms with Crippen molar-refractivity contribution in [2.75, 3.05) is 11.9 Å². The minimum Gasteiger partial charge on any atom is -0.353 e. The second kappa shape index (κ2) is 6.12. The Bertz CT molecular complexity index is 382. The van der Waals surface area contributed by atoms with Gasteiger partial charge in [-0.2, -0.15) is 5.10 Å². The Morgan fingerprint density at radius 2 is 1.67 bits per heavy atom. The van der Waals surface area contributed by atoms with Crippen molar-refractivity contribution in [3.63, 3.8) is 0 Å². The molecule has 0 aromatic carbocycles. The Hall–Kier alpha value is -1.19. The van der Waals surface area contributed by atoms with E-state index in [0.717, 1.165) is 30.8 Å². The second-order valence-corrected chi connectivity index (χ2v) is 5.88. The van der Waals surface area contributed by atoms with E-state index in [1.54, 1.807) is 0 Å². The molecule has 1 N–H and O–H groups in total. The van der Waals surface area contributed by atoms with Crippen molar-refractivity contribution in [1.29, 1.82) is 0 Å². The van der Waals surface area contributed by atoms with Gasteiger partial charge in [-0.3, -0.25) is 0 Å². The van der Waals surface area contributed by atoms with Crippen LogP contribution in [0, 0.1) is 11.3 Å². The molecule has 1 heterocycles. The van der Waals surface area contributed by atoms with E-state index >= 15 is 0 Å². The van der Waals surface area contributed by atoms with Crippen molar-refractivity contribution in [3.05, 3.63) is 11.4 Å². The number of nitrogens with one attached hydrogen (secondary N) is 1. The molecule has 0 fully saturated rings. The standard InChI is InChI=1S/C14H26N4/c1-7-11-12(8-2)17-18-13(16-11)15-9-10(3)14(4,5)6/h10H,7-9H2,1-6H3,(H,15,16,18). The van der Waals surface area contributed by atoms with Gasteiger partial charge in [0, 0.05) is 6.54 Å². The van der Waals surface area contributed by atoms with Crippen LogP contribution in [0.25, 0.3) is 0 Å². The third-order valence-electron chi connectivity index (χ3n) is 3.55. The molecule has 102 valence electrons. The predicted molar refractivity (Wildman–Crippen MR) is 75.7 cm³/mol. The van der Waals surface area contributed by atoms with Crippen LogP contribution >= 0.6 is 0 Å². The zero-order valence-corrected chi connectivity index (χ0v) is 12.5. The molecule has 0 bridgehead atoms. The maximum atomic E-state index is 4.53. The van der Waals surface area contributed by atoms with E-state index in [0.29, 0.717) is 11.9 Å². The van der Waals surface area contributed by atoms with Gasteiger partial charge in [0.05, 0.1) is 11.4 Å². The summed E-state index contributed by atoms with van der Waals surface area (Å²) in [7, 11) is 0. The van der Waals surface area contributed by atoms with E-state index in [9.17, 15) is 0 Å². The van der Waals surface area contributed by atoms with E-state index < -0.39 is 0 Å². The summed E-state index contributed by atoms with van der Waals surface area (Å²) in [6, 6.07) is 0. The molecule has 1 unspecified atom stereocenters. The van der Waals surface area contributed by atoms with Crippen LogP contribution in [0.1, 0.15) is 52.9 Å². The van der Waals surface area contributed by atoms with Crippen LogP contribution in [0.5, 0.6) is 0 Å². The first-order valence-electron chi connectivity index (χ1n) is 6.84. The highest BCUT2D eigenvalue weighted by Crippen LogP contribution is 2.25. The van der Waals surface area contributed by atoms with Gasteiger partial charge in [-0.1, -0.05) is 41.5 Å². The molecule has 0 spiro atoms. The molecule has 4 heteroatoms. The minimum atomic E-state index is 0.289. The molecule has 0 saturated heterocycles. The van der Waals surface area contributed by atoms with Crippen molar-refractivity contribution >= 4 is 5.95 Å². The van der Waals surface area contributed by atoms with Crippen LogP contribution in [-0.4, -0.2) is 21.7 Å². The average molecular weight is 250 g/mol. The van der Waals surface area contributed by atoms with E-state index in [-0.39, 0.29) is 5.41 Å². The molecule has 0 aliphatic heterocycles. The predicted octanol–water partition coefficient (Wildman–Crippen LogP) is 3.09. The van der Waals surface area contributed by atoms with Gasteiger partial charge in [0.2, 0.25) is 5.95 Å². The fourth-order valence-electron chi connectivity index (χ4n) is 1.56.